The molecule has 0 saturated heterocycles. The third kappa shape index (κ3) is 4.42. The van der Waals surface area contributed by atoms with E-state index in [4.69, 9.17) is 9.18 Å². The van der Waals surface area contributed by atoms with E-state index in [0.717, 1.165) is 4.90 Å². The van der Waals surface area contributed by atoms with Gasteiger partial charge in [-0.05, 0) is 72.9 Å². The van der Waals surface area contributed by atoms with E-state index in [-0.39, 0.29) is 16.9 Å². The summed E-state index contributed by atoms with van der Waals surface area (Å²) in [5.74, 6) is 0. The maximum absolute atomic E-state index is 10.7. The molecule has 6 nitrogen and oxygen atoms in total. The molecular weight excluding hydrogens is 463 g/mol. The predicted octanol–water partition coefficient (Wildman–Crippen LogP) is 3.33. The largest absolute Gasteiger partial charge is 0.492 e. The lowest BCUT2D eigenvalue weighted by atomic mass is 9.79. The molecule has 0 saturated carbocycles. The number of thioether (sulfide) groups is 1. The summed E-state index contributed by atoms with van der Waals surface area (Å²) in [6.45, 7) is 8.37. The minimum atomic E-state index is -1.12. The molecule has 1 heterocycles. The monoisotopic (exact) mass is 483 g/mol. The minimum absolute atomic E-state index is 0.204. The van der Waals surface area contributed by atoms with Crippen LogP contribution in [0.4, 0.5) is 0 Å². The van der Waals surface area contributed by atoms with Crippen molar-refractivity contribution in [2.45, 2.75) is 49.0 Å². The molecule has 0 aromatic heterocycles. The van der Waals surface area contributed by atoms with Crippen molar-refractivity contribution in [3.05, 3.63) is 33.9 Å². The number of rotatable bonds is 7. The van der Waals surface area contributed by atoms with Crippen molar-refractivity contribution in [1.82, 2.24) is 0 Å². The zero-order chi connectivity index (χ0) is 18.1. The Labute approximate surface area is 161 Å². The van der Waals surface area contributed by atoms with Crippen LogP contribution in [-0.2, 0) is 9.18 Å². The van der Waals surface area contributed by atoms with Gasteiger partial charge in [-0.3, -0.25) is 10.1 Å². The SMILES string of the molecule is CC(C)(OPI)C(C)(C)Sc1ccc2c(c1)B(O)OC2C[N+](=O)[O-]. The van der Waals surface area contributed by atoms with Gasteiger partial charge in [0.2, 0.25) is 6.54 Å². The molecule has 10 heteroatoms. The van der Waals surface area contributed by atoms with E-state index in [9.17, 15) is 15.1 Å². The number of hydrogen-bond acceptors (Lipinski definition) is 6. The number of benzene rings is 1. The Bertz CT molecular complexity index is 633. The Hall–Kier alpha value is 0.0749. The molecule has 132 valence electrons. The van der Waals surface area contributed by atoms with Gasteiger partial charge in [0.25, 0.3) is 0 Å². The van der Waals surface area contributed by atoms with Gasteiger partial charge in [-0.2, -0.15) is 0 Å². The van der Waals surface area contributed by atoms with E-state index in [0.29, 0.717) is 17.5 Å². The third-order valence-electron chi connectivity index (χ3n) is 4.40. The van der Waals surface area contributed by atoms with Crippen molar-refractivity contribution in [3.63, 3.8) is 0 Å². The van der Waals surface area contributed by atoms with E-state index < -0.39 is 18.1 Å². The number of nitro groups is 1. The lowest BCUT2D eigenvalue weighted by Crippen LogP contribution is -2.43. The first-order valence-corrected chi connectivity index (χ1v) is 12.2. The predicted molar refractivity (Wildman–Crippen MR) is 107 cm³/mol. The summed E-state index contributed by atoms with van der Waals surface area (Å²) in [6, 6.07) is 5.59. The zero-order valence-corrected chi connectivity index (χ0v) is 17.9. The molecule has 1 aliphatic rings. The molecule has 2 rings (SSSR count). The number of fused-ring (bicyclic) bond motifs is 1. The summed E-state index contributed by atoms with van der Waals surface area (Å²) in [7, 11) is -1.12. The molecule has 0 radical (unpaired) electrons. The van der Waals surface area contributed by atoms with Crippen LogP contribution in [0.15, 0.2) is 23.1 Å². The van der Waals surface area contributed by atoms with Crippen LogP contribution >= 0.6 is 40.3 Å². The van der Waals surface area contributed by atoms with Gasteiger partial charge in [0.15, 0.2) is 0 Å². The third-order valence-corrected chi connectivity index (χ3v) is 7.14. The van der Waals surface area contributed by atoms with Crippen LogP contribution in [0.1, 0.15) is 39.4 Å². The van der Waals surface area contributed by atoms with Gasteiger partial charge in [-0.25, -0.2) is 0 Å². The second kappa shape index (κ2) is 7.76. The fraction of sp³-hybridized carbons (Fsp3) is 0.571. The van der Waals surface area contributed by atoms with Gasteiger partial charge in [0, 0.05) is 14.6 Å². The summed E-state index contributed by atoms with van der Waals surface area (Å²) < 4.78 is 11.0. The average molecular weight is 483 g/mol. The van der Waals surface area contributed by atoms with Crippen LogP contribution in [0, 0.1) is 10.1 Å². The number of halogens is 1. The lowest BCUT2D eigenvalue weighted by Gasteiger charge is -2.40. The van der Waals surface area contributed by atoms with Crippen molar-refractivity contribution in [2.75, 3.05) is 6.54 Å². The molecule has 1 aromatic rings. The van der Waals surface area contributed by atoms with Crippen LogP contribution in [-0.4, -0.2) is 34.0 Å². The summed E-state index contributed by atoms with van der Waals surface area (Å²) >= 11 is 3.87. The number of nitrogens with zero attached hydrogens (tertiary/aromatic N) is 1. The second-order valence-corrected chi connectivity index (χ2v) is 9.96. The highest BCUT2D eigenvalue weighted by Gasteiger charge is 2.41. The molecule has 2 atom stereocenters. The molecule has 1 N–H and O–H groups in total. The zero-order valence-electron chi connectivity index (χ0n) is 13.9. The molecule has 1 aromatic carbocycles. The summed E-state index contributed by atoms with van der Waals surface area (Å²) in [4.78, 5) is 11.3. The Balaban J connectivity index is 2.23. The van der Waals surface area contributed by atoms with Crippen molar-refractivity contribution in [2.24, 2.45) is 0 Å². The van der Waals surface area contributed by atoms with E-state index in [1.165, 1.54) is 0 Å². The molecule has 2 unspecified atom stereocenters. The van der Waals surface area contributed by atoms with Crippen molar-refractivity contribution in [3.8, 4) is 0 Å². The van der Waals surface area contributed by atoms with Crippen LogP contribution in [0.5, 0.6) is 0 Å². The number of hydrogen-bond donors (Lipinski definition) is 1. The highest BCUT2D eigenvalue weighted by Crippen LogP contribution is 2.46. The van der Waals surface area contributed by atoms with Crippen LogP contribution in [0.2, 0.25) is 0 Å². The molecule has 24 heavy (non-hydrogen) atoms. The van der Waals surface area contributed by atoms with Crippen LogP contribution in [0.25, 0.3) is 0 Å². The topological polar surface area (TPSA) is 81.8 Å². The van der Waals surface area contributed by atoms with Crippen molar-refractivity contribution in [1.29, 1.82) is 0 Å². The molecule has 0 amide bonds. The van der Waals surface area contributed by atoms with Gasteiger partial charge in [0.1, 0.15) is 6.10 Å². The van der Waals surface area contributed by atoms with Crippen LogP contribution in [0.3, 0.4) is 0 Å². The molecule has 0 fully saturated rings. The van der Waals surface area contributed by atoms with Gasteiger partial charge in [-0.1, -0.05) is 6.07 Å². The average Bonchev–Trinajstić information content (AvgIpc) is 2.73. The quantitative estimate of drug-likeness (QED) is 0.160. The second-order valence-electron chi connectivity index (χ2n) is 6.59. The normalized spacial score (nSPS) is 18.4. The highest BCUT2D eigenvalue weighted by atomic mass is 127. The Morgan fingerprint density at radius 2 is 2.17 bits per heavy atom. The molecule has 0 spiro atoms. The van der Waals surface area contributed by atoms with E-state index >= 15 is 0 Å². The molecule has 0 bridgehead atoms. The fourth-order valence-corrected chi connectivity index (χ4v) is 5.71. The lowest BCUT2D eigenvalue weighted by molar-refractivity contribution is -0.490. The molecular formula is C14H20BINO5PS. The van der Waals surface area contributed by atoms with Crippen molar-refractivity contribution >= 4 is 52.8 Å². The van der Waals surface area contributed by atoms with Gasteiger partial charge < -0.3 is 14.2 Å². The standard InChI is InChI=1S/C14H20BINO5PS/c1-13(2,22-23-16)14(3,4)24-9-5-6-10-11(7-9)15(18)21-12(10)8-17(19)20/h5-7,12,18,23H,8H2,1-4H3. The molecule has 1 aliphatic heterocycles. The molecule has 0 aliphatic carbocycles. The Morgan fingerprint density at radius 3 is 2.75 bits per heavy atom. The Morgan fingerprint density at radius 1 is 1.50 bits per heavy atom. The summed E-state index contributed by atoms with van der Waals surface area (Å²) in [6.07, 6.45) is -0.697. The van der Waals surface area contributed by atoms with Crippen molar-refractivity contribution < 1.29 is 19.1 Å². The fourth-order valence-electron chi connectivity index (χ4n) is 2.34. The maximum atomic E-state index is 10.7. The Kier molecular flexibility index (Phi) is 6.59. The van der Waals surface area contributed by atoms with Crippen LogP contribution < -0.4 is 5.46 Å². The van der Waals surface area contributed by atoms with E-state index in [1.54, 1.807) is 11.8 Å². The minimum Gasteiger partial charge on any atom is -0.423 e. The first-order valence-electron chi connectivity index (χ1n) is 7.39. The summed E-state index contributed by atoms with van der Waals surface area (Å²) in [5, 5.41) is 20.8. The van der Waals surface area contributed by atoms with E-state index in [2.05, 4.69) is 49.7 Å². The van der Waals surface area contributed by atoms with Gasteiger partial charge in [-0.15, -0.1) is 11.8 Å². The van der Waals surface area contributed by atoms with E-state index in [1.807, 2.05) is 18.2 Å². The first-order chi connectivity index (χ1) is 11.1. The smallest absolute Gasteiger partial charge is 0.423 e. The first kappa shape index (κ1) is 20.4. The highest BCUT2D eigenvalue weighted by molar-refractivity contribution is 14.2. The van der Waals surface area contributed by atoms with Gasteiger partial charge in [0.05, 0.1) is 12.1 Å². The van der Waals surface area contributed by atoms with Gasteiger partial charge >= 0.3 is 7.12 Å². The summed E-state index contributed by atoms with van der Waals surface area (Å²) in [5.41, 5.74) is 0.960. The maximum Gasteiger partial charge on any atom is 0.492 e.